The second-order valence-corrected chi connectivity index (χ2v) is 14.0. The highest BCUT2D eigenvalue weighted by molar-refractivity contribution is 5.94. The van der Waals surface area contributed by atoms with Gasteiger partial charge >= 0.3 is 0 Å². The summed E-state index contributed by atoms with van der Waals surface area (Å²) in [7, 11) is 1.77. The highest BCUT2D eigenvalue weighted by atomic mass is 16.2. The van der Waals surface area contributed by atoms with Crippen LogP contribution in [0.2, 0.25) is 0 Å². The van der Waals surface area contributed by atoms with Gasteiger partial charge < -0.3 is 20.9 Å². The van der Waals surface area contributed by atoms with Gasteiger partial charge in [0.25, 0.3) is 5.91 Å². The quantitative estimate of drug-likeness (QED) is 0.206. The van der Waals surface area contributed by atoms with E-state index >= 15 is 0 Å². The highest BCUT2D eigenvalue weighted by Crippen LogP contribution is 2.66. The van der Waals surface area contributed by atoms with E-state index in [1.807, 2.05) is 39.0 Å². The summed E-state index contributed by atoms with van der Waals surface area (Å²) in [5.41, 5.74) is 4.66. The van der Waals surface area contributed by atoms with Crippen LogP contribution in [-0.4, -0.2) is 50.1 Å². The van der Waals surface area contributed by atoms with E-state index in [0.29, 0.717) is 18.1 Å². The molecule has 46 heavy (non-hydrogen) atoms. The molecule has 0 saturated heterocycles. The van der Waals surface area contributed by atoms with Gasteiger partial charge in [-0.3, -0.25) is 19.1 Å². The van der Waals surface area contributed by atoms with Gasteiger partial charge in [-0.2, -0.15) is 5.10 Å². The van der Waals surface area contributed by atoms with E-state index in [9.17, 15) is 14.4 Å². The summed E-state index contributed by atoms with van der Waals surface area (Å²) >= 11 is 0. The number of carbonyl (C=O) groups excluding carboxylic acids is 3. The number of aromatic nitrogens is 4. The summed E-state index contributed by atoms with van der Waals surface area (Å²) in [6, 6.07) is 15.2. The van der Waals surface area contributed by atoms with Crippen molar-refractivity contribution in [1.82, 2.24) is 35.7 Å². The van der Waals surface area contributed by atoms with Crippen molar-refractivity contribution in [3.63, 3.8) is 0 Å². The fourth-order valence-electron chi connectivity index (χ4n) is 7.59. The maximum absolute atomic E-state index is 13.7. The number of amides is 3. The number of nitrogens with one attached hydrogen (secondary N) is 4. The molecule has 2 aromatic carbocycles. The third-order valence-corrected chi connectivity index (χ3v) is 10.8. The first-order valence-corrected chi connectivity index (χ1v) is 16.6. The molecule has 10 heteroatoms. The van der Waals surface area contributed by atoms with Crippen molar-refractivity contribution < 1.29 is 14.4 Å². The Kier molecular flexibility index (Phi) is 7.48. The number of fused-ring (bicyclic) bond motifs is 2. The minimum absolute atomic E-state index is 0.0702. The van der Waals surface area contributed by atoms with Crippen molar-refractivity contribution in [1.29, 1.82) is 0 Å². The van der Waals surface area contributed by atoms with Crippen LogP contribution in [0, 0.1) is 11.3 Å². The van der Waals surface area contributed by atoms with Crippen LogP contribution < -0.4 is 16.0 Å². The van der Waals surface area contributed by atoms with E-state index in [1.165, 1.54) is 11.1 Å². The fraction of sp³-hybridized carbons (Fsp3) is 0.472. The Morgan fingerprint density at radius 2 is 1.87 bits per heavy atom. The molecular weight excluding hydrogens is 578 g/mol. The number of benzene rings is 2. The van der Waals surface area contributed by atoms with Crippen LogP contribution >= 0.6 is 0 Å². The summed E-state index contributed by atoms with van der Waals surface area (Å²) in [5.74, 6) is 0.427. The Bertz CT molecular complexity index is 1810. The van der Waals surface area contributed by atoms with Crippen LogP contribution in [-0.2, 0) is 28.5 Å². The number of aryl methyl sites for hydroxylation is 1. The van der Waals surface area contributed by atoms with E-state index in [-0.39, 0.29) is 41.0 Å². The lowest BCUT2D eigenvalue weighted by Gasteiger charge is -2.35. The minimum Gasteiger partial charge on any atom is -0.355 e. The van der Waals surface area contributed by atoms with Gasteiger partial charge in [-0.15, -0.1) is 0 Å². The number of H-pyrrole nitrogens is 1. The first-order chi connectivity index (χ1) is 22.1. The Balaban J connectivity index is 1.21. The van der Waals surface area contributed by atoms with Gasteiger partial charge in [0.15, 0.2) is 0 Å². The van der Waals surface area contributed by atoms with Gasteiger partial charge in [-0.05, 0) is 99.1 Å². The van der Waals surface area contributed by atoms with E-state index in [2.05, 4.69) is 50.3 Å². The molecular formula is C36H43N7O3. The van der Waals surface area contributed by atoms with E-state index in [4.69, 9.17) is 4.98 Å². The molecule has 0 bridgehead atoms. The zero-order chi connectivity index (χ0) is 32.2. The molecule has 2 aromatic heterocycles. The molecule has 2 heterocycles. The Labute approximate surface area is 269 Å². The number of nitrogens with zero attached hydrogens (tertiary/aromatic N) is 3. The van der Waals surface area contributed by atoms with E-state index < -0.39 is 11.5 Å². The van der Waals surface area contributed by atoms with Gasteiger partial charge in [-0.25, -0.2) is 4.98 Å². The Morgan fingerprint density at radius 1 is 1.09 bits per heavy atom. The first kappa shape index (κ1) is 30.2. The smallest absolute Gasteiger partial charge is 0.270 e. The van der Waals surface area contributed by atoms with Gasteiger partial charge in [0.2, 0.25) is 11.8 Å². The van der Waals surface area contributed by atoms with Crippen LogP contribution in [0.4, 0.5) is 0 Å². The Hall–Kier alpha value is -4.47. The van der Waals surface area contributed by atoms with Crippen LogP contribution in [0.25, 0.3) is 11.0 Å². The molecule has 7 rings (SSSR count). The molecule has 4 N–H and O–H groups in total. The third-order valence-electron chi connectivity index (χ3n) is 10.8. The standard InChI is InChI=1S/C36H43N7O3/c1-5-37-33(45)29(21-10-8-11-21)42-34(46)35(2,3)23-13-14-25-26(19-23)40-31(39-25)30(41-32(44)27-15-18-38-43(27)4)28-24-12-7-6-9-22(24)20-36(28)16-17-36/h6-7,9,12-15,18-19,21,28-30H,5,8,10-11,16-17,20H2,1-4H3,(H,37,45)(H,39,40)(H,41,44)(H,42,46)/t28-,29-,30+/m1/s1. The summed E-state index contributed by atoms with van der Waals surface area (Å²) in [6.45, 7) is 6.19. The maximum Gasteiger partial charge on any atom is 0.270 e. The minimum atomic E-state index is -0.899. The molecule has 2 saturated carbocycles. The van der Waals surface area contributed by atoms with Gasteiger partial charge in [-0.1, -0.05) is 36.8 Å². The van der Waals surface area contributed by atoms with Crippen molar-refractivity contribution in [2.24, 2.45) is 18.4 Å². The number of rotatable bonds is 10. The molecule has 3 aliphatic carbocycles. The number of hydrogen-bond acceptors (Lipinski definition) is 5. The summed E-state index contributed by atoms with van der Waals surface area (Å²) in [4.78, 5) is 48.8. The monoisotopic (exact) mass is 621 g/mol. The second-order valence-electron chi connectivity index (χ2n) is 14.0. The zero-order valence-corrected chi connectivity index (χ0v) is 27.0. The second kappa shape index (κ2) is 11.4. The lowest BCUT2D eigenvalue weighted by Crippen LogP contribution is -2.55. The lowest BCUT2D eigenvalue weighted by atomic mass is 9.78. The summed E-state index contributed by atoms with van der Waals surface area (Å²) < 4.78 is 1.58. The first-order valence-electron chi connectivity index (χ1n) is 16.6. The van der Waals surface area contributed by atoms with Gasteiger partial charge in [0, 0.05) is 25.7 Å². The molecule has 3 aliphatic rings. The van der Waals surface area contributed by atoms with Crippen molar-refractivity contribution in [2.45, 2.75) is 82.7 Å². The number of imidazole rings is 1. The van der Waals surface area contributed by atoms with Crippen LogP contribution in [0.5, 0.6) is 0 Å². The van der Waals surface area contributed by atoms with Crippen LogP contribution in [0.15, 0.2) is 54.7 Å². The molecule has 10 nitrogen and oxygen atoms in total. The normalized spacial score (nSPS) is 19.7. The lowest BCUT2D eigenvalue weighted by molar-refractivity contribution is -0.133. The average Bonchev–Trinajstić information content (AvgIpc) is 3.32. The summed E-state index contributed by atoms with van der Waals surface area (Å²) in [5, 5.41) is 13.5. The van der Waals surface area contributed by atoms with Gasteiger partial charge in [0.1, 0.15) is 17.6 Å². The topological polar surface area (TPSA) is 134 Å². The molecule has 240 valence electrons. The predicted molar refractivity (Wildman–Crippen MR) is 175 cm³/mol. The highest BCUT2D eigenvalue weighted by Gasteiger charge is 2.57. The van der Waals surface area contributed by atoms with Crippen molar-refractivity contribution in [2.75, 3.05) is 6.54 Å². The third kappa shape index (κ3) is 5.17. The molecule has 0 radical (unpaired) electrons. The maximum atomic E-state index is 13.7. The molecule has 2 fully saturated rings. The molecule has 0 unspecified atom stereocenters. The summed E-state index contributed by atoms with van der Waals surface area (Å²) in [6.07, 6.45) is 7.80. The SMILES string of the molecule is CCNC(=O)[C@H](NC(=O)C(C)(C)c1ccc2nc([C@@H](NC(=O)c3ccnn3C)[C@H]3c4ccccc4CC34CC4)[nH]c2c1)C1CCC1. The molecule has 3 amide bonds. The van der Waals surface area contributed by atoms with Crippen LogP contribution in [0.3, 0.4) is 0 Å². The van der Waals surface area contributed by atoms with Crippen molar-refractivity contribution in [3.8, 4) is 0 Å². The van der Waals surface area contributed by atoms with E-state index in [0.717, 1.165) is 55.1 Å². The molecule has 4 aromatic rings. The molecule has 0 aliphatic heterocycles. The molecule has 1 spiro atoms. The van der Waals surface area contributed by atoms with Crippen LogP contribution in [0.1, 0.15) is 97.8 Å². The number of hydrogen-bond donors (Lipinski definition) is 4. The molecule has 3 atom stereocenters. The largest absolute Gasteiger partial charge is 0.355 e. The van der Waals surface area contributed by atoms with Crippen molar-refractivity contribution >= 4 is 28.8 Å². The average molecular weight is 622 g/mol. The van der Waals surface area contributed by atoms with E-state index in [1.54, 1.807) is 24.0 Å². The zero-order valence-electron chi connectivity index (χ0n) is 27.0. The number of carbonyl (C=O) groups is 3. The Morgan fingerprint density at radius 3 is 2.54 bits per heavy atom. The van der Waals surface area contributed by atoms with Crippen molar-refractivity contribution in [3.05, 3.63) is 82.9 Å². The number of likely N-dealkylation sites (N-methyl/N-ethyl adjacent to an activating group) is 1. The van der Waals surface area contributed by atoms with Gasteiger partial charge in [0.05, 0.1) is 22.5 Å². The predicted octanol–water partition coefficient (Wildman–Crippen LogP) is 4.59. The number of aromatic amines is 1. The fourth-order valence-corrected chi connectivity index (χ4v) is 7.59.